The number of amides is 1. The van der Waals surface area contributed by atoms with Crippen molar-refractivity contribution in [2.45, 2.75) is 24.0 Å². The van der Waals surface area contributed by atoms with Crippen LogP contribution >= 0.6 is 23.1 Å². The van der Waals surface area contributed by atoms with E-state index in [0.717, 1.165) is 11.8 Å². The number of carbonyl (C=O) groups is 1. The highest BCUT2D eigenvalue weighted by molar-refractivity contribution is 7.98. The third kappa shape index (κ3) is 4.22. The summed E-state index contributed by atoms with van der Waals surface area (Å²) in [5.41, 5.74) is 1.26. The number of para-hydroxylation sites is 1. The standard InChI is InChI=1S/C15H13F3N6OS2/c1-9(25)23(11-5-3-2-4-6-11)13-20-10(7-26-13)8-27-14-22-21-12(24(14)19)15(16,17)18/h2-7H,8,19H2,1H3. The Morgan fingerprint density at radius 2 is 2.00 bits per heavy atom. The van der Waals surface area contributed by atoms with Crippen LogP contribution in [-0.2, 0) is 16.7 Å². The van der Waals surface area contributed by atoms with Gasteiger partial charge in [0, 0.05) is 18.1 Å². The Hall–Kier alpha value is -2.60. The van der Waals surface area contributed by atoms with E-state index in [1.54, 1.807) is 17.5 Å². The predicted molar refractivity (Wildman–Crippen MR) is 96.1 cm³/mol. The van der Waals surface area contributed by atoms with Crippen molar-refractivity contribution in [3.63, 3.8) is 0 Å². The summed E-state index contributed by atoms with van der Waals surface area (Å²) < 4.78 is 38.5. The van der Waals surface area contributed by atoms with E-state index in [4.69, 9.17) is 5.84 Å². The first-order valence-corrected chi connectivity index (χ1v) is 9.34. The fourth-order valence-corrected chi connectivity index (χ4v) is 3.92. The van der Waals surface area contributed by atoms with E-state index in [2.05, 4.69) is 15.2 Å². The molecule has 27 heavy (non-hydrogen) atoms. The van der Waals surface area contributed by atoms with E-state index in [1.165, 1.54) is 23.2 Å². The zero-order valence-corrected chi connectivity index (χ0v) is 15.5. The third-order valence-corrected chi connectivity index (χ3v) is 5.18. The maximum absolute atomic E-state index is 12.7. The zero-order valence-electron chi connectivity index (χ0n) is 13.8. The van der Waals surface area contributed by atoms with Crippen molar-refractivity contribution in [2.75, 3.05) is 10.7 Å². The van der Waals surface area contributed by atoms with Gasteiger partial charge in [0.1, 0.15) is 0 Å². The van der Waals surface area contributed by atoms with Crippen molar-refractivity contribution in [2.24, 2.45) is 0 Å². The smallest absolute Gasteiger partial charge is 0.335 e. The lowest BCUT2D eigenvalue weighted by molar-refractivity contribution is -0.146. The van der Waals surface area contributed by atoms with Crippen LogP contribution in [0.1, 0.15) is 18.4 Å². The Bertz CT molecular complexity index is 941. The van der Waals surface area contributed by atoms with Gasteiger partial charge < -0.3 is 5.84 Å². The van der Waals surface area contributed by atoms with Crippen molar-refractivity contribution in [3.05, 3.63) is 47.2 Å². The lowest BCUT2D eigenvalue weighted by Gasteiger charge is -2.17. The molecule has 3 rings (SSSR count). The van der Waals surface area contributed by atoms with Gasteiger partial charge in [-0.1, -0.05) is 30.0 Å². The molecule has 0 radical (unpaired) electrons. The average Bonchev–Trinajstić information content (AvgIpc) is 3.20. The fourth-order valence-electron chi connectivity index (χ4n) is 2.18. The van der Waals surface area contributed by atoms with Crippen LogP contribution in [0.25, 0.3) is 0 Å². The number of nitrogens with two attached hydrogens (primary N) is 1. The molecular formula is C15H13F3N6OS2. The fraction of sp³-hybridized carbons (Fsp3) is 0.200. The van der Waals surface area contributed by atoms with Crippen LogP contribution in [0.3, 0.4) is 0 Å². The maximum Gasteiger partial charge on any atom is 0.453 e. The van der Waals surface area contributed by atoms with E-state index >= 15 is 0 Å². The van der Waals surface area contributed by atoms with Gasteiger partial charge in [-0.25, -0.2) is 9.66 Å². The van der Waals surface area contributed by atoms with Crippen molar-refractivity contribution >= 4 is 39.8 Å². The molecule has 0 aliphatic heterocycles. The first kappa shape index (κ1) is 19.2. The van der Waals surface area contributed by atoms with Gasteiger partial charge in [0.05, 0.1) is 11.4 Å². The van der Waals surface area contributed by atoms with Gasteiger partial charge in [-0.2, -0.15) is 13.2 Å². The summed E-state index contributed by atoms with van der Waals surface area (Å²) in [4.78, 5) is 17.9. The molecule has 0 saturated carbocycles. The van der Waals surface area contributed by atoms with E-state index < -0.39 is 12.0 Å². The van der Waals surface area contributed by atoms with Crippen LogP contribution < -0.4 is 10.7 Å². The molecular weight excluding hydrogens is 401 g/mol. The predicted octanol–water partition coefficient (Wildman–Crippen LogP) is 3.44. The summed E-state index contributed by atoms with van der Waals surface area (Å²) in [6, 6.07) is 9.02. The topological polar surface area (TPSA) is 89.9 Å². The quantitative estimate of drug-likeness (QED) is 0.508. The van der Waals surface area contributed by atoms with Gasteiger partial charge in [-0.3, -0.25) is 9.69 Å². The number of carbonyl (C=O) groups excluding carboxylic acids is 1. The number of anilines is 2. The number of nitrogen functional groups attached to an aromatic ring is 1. The van der Waals surface area contributed by atoms with Gasteiger partial charge >= 0.3 is 6.18 Å². The molecule has 1 amide bonds. The molecule has 0 fully saturated rings. The number of halogens is 3. The number of rotatable bonds is 5. The Kier molecular flexibility index (Phi) is 5.37. The molecule has 2 heterocycles. The number of nitrogens with zero attached hydrogens (tertiary/aromatic N) is 5. The summed E-state index contributed by atoms with van der Waals surface area (Å²) in [7, 11) is 0. The van der Waals surface area contributed by atoms with Crippen LogP contribution in [0.4, 0.5) is 24.0 Å². The molecule has 0 spiro atoms. The number of hydrogen-bond acceptors (Lipinski definition) is 7. The van der Waals surface area contributed by atoms with E-state index in [-0.39, 0.29) is 16.8 Å². The highest BCUT2D eigenvalue weighted by Crippen LogP contribution is 2.32. The Morgan fingerprint density at radius 1 is 1.30 bits per heavy atom. The van der Waals surface area contributed by atoms with Crippen molar-refractivity contribution in [1.29, 1.82) is 0 Å². The number of benzene rings is 1. The molecule has 0 saturated heterocycles. The van der Waals surface area contributed by atoms with Gasteiger partial charge in [0.15, 0.2) is 5.13 Å². The molecule has 3 aromatic rings. The minimum Gasteiger partial charge on any atom is -0.335 e. The summed E-state index contributed by atoms with van der Waals surface area (Å²) in [6.45, 7) is 1.43. The SMILES string of the molecule is CC(=O)N(c1ccccc1)c1nc(CSc2nnc(C(F)(F)F)n2N)cs1. The second-order valence-corrected chi connectivity index (χ2v) is 7.05. The molecule has 7 nitrogen and oxygen atoms in total. The molecule has 12 heteroatoms. The molecule has 0 bridgehead atoms. The molecule has 1 aromatic carbocycles. The van der Waals surface area contributed by atoms with Gasteiger partial charge in [0.2, 0.25) is 11.1 Å². The molecule has 0 aliphatic rings. The Labute approximate surface area is 160 Å². The van der Waals surface area contributed by atoms with Crippen LogP contribution in [0.5, 0.6) is 0 Å². The zero-order chi connectivity index (χ0) is 19.6. The second kappa shape index (κ2) is 7.56. The lowest BCUT2D eigenvalue weighted by Crippen LogP contribution is -2.22. The van der Waals surface area contributed by atoms with Crippen LogP contribution in [0.2, 0.25) is 0 Å². The molecule has 0 unspecified atom stereocenters. The van der Waals surface area contributed by atoms with Gasteiger partial charge in [0.25, 0.3) is 5.82 Å². The summed E-state index contributed by atoms with van der Waals surface area (Å²) in [6.07, 6.45) is -4.67. The first-order valence-electron chi connectivity index (χ1n) is 7.48. The van der Waals surface area contributed by atoms with Crippen LogP contribution in [-0.4, -0.2) is 25.8 Å². The van der Waals surface area contributed by atoms with Crippen molar-refractivity contribution < 1.29 is 18.0 Å². The largest absolute Gasteiger partial charge is 0.453 e. The van der Waals surface area contributed by atoms with E-state index in [9.17, 15) is 18.0 Å². The number of thioether (sulfide) groups is 1. The van der Waals surface area contributed by atoms with Crippen molar-refractivity contribution in [1.82, 2.24) is 19.9 Å². The van der Waals surface area contributed by atoms with E-state index in [0.29, 0.717) is 21.2 Å². The summed E-state index contributed by atoms with van der Waals surface area (Å²) in [5.74, 6) is 4.16. The molecule has 0 aliphatic carbocycles. The highest BCUT2D eigenvalue weighted by Gasteiger charge is 2.38. The Morgan fingerprint density at radius 3 is 2.59 bits per heavy atom. The normalized spacial score (nSPS) is 11.6. The number of thiazole rings is 1. The summed E-state index contributed by atoms with van der Waals surface area (Å²) in [5, 5.41) is 8.64. The number of hydrogen-bond donors (Lipinski definition) is 1. The number of alkyl halides is 3. The van der Waals surface area contributed by atoms with Crippen molar-refractivity contribution in [3.8, 4) is 0 Å². The monoisotopic (exact) mass is 414 g/mol. The lowest BCUT2D eigenvalue weighted by atomic mass is 10.3. The highest BCUT2D eigenvalue weighted by atomic mass is 32.2. The molecule has 0 atom stereocenters. The summed E-state index contributed by atoms with van der Waals surface area (Å²) >= 11 is 2.23. The second-order valence-electron chi connectivity index (χ2n) is 5.27. The molecule has 142 valence electrons. The van der Waals surface area contributed by atoms with E-state index in [1.807, 2.05) is 18.2 Å². The first-order chi connectivity index (χ1) is 12.8. The van der Waals surface area contributed by atoms with Gasteiger partial charge in [-0.15, -0.1) is 21.5 Å². The minimum absolute atomic E-state index is 0.0802. The van der Waals surface area contributed by atoms with Crippen LogP contribution in [0, 0.1) is 0 Å². The molecule has 2 aromatic heterocycles. The Balaban J connectivity index is 1.75. The maximum atomic E-state index is 12.7. The molecule has 2 N–H and O–H groups in total. The van der Waals surface area contributed by atoms with Gasteiger partial charge in [-0.05, 0) is 12.1 Å². The third-order valence-electron chi connectivity index (χ3n) is 3.33. The number of aromatic nitrogens is 4. The van der Waals surface area contributed by atoms with Crippen LogP contribution in [0.15, 0.2) is 40.9 Å². The average molecular weight is 414 g/mol. The minimum atomic E-state index is -4.67.